The van der Waals surface area contributed by atoms with Gasteiger partial charge >= 0.3 is 77.1 Å². The van der Waals surface area contributed by atoms with Gasteiger partial charge in [0.25, 0.3) is 0 Å². The van der Waals surface area contributed by atoms with Crippen molar-refractivity contribution in [2.75, 3.05) is 0 Å². The summed E-state index contributed by atoms with van der Waals surface area (Å²) in [5, 5.41) is 8.60. The van der Waals surface area contributed by atoms with Crippen LogP contribution in [0, 0.1) is 0 Å². The van der Waals surface area contributed by atoms with E-state index < -0.39 is 43.2 Å². The summed E-state index contributed by atoms with van der Waals surface area (Å²) in [5.74, 6) is -1.18. The molecule has 0 saturated carbocycles. The van der Waals surface area contributed by atoms with Crippen LogP contribution in [-0.2, 0) is 15.0 Å². The summed E-state index contributed by atoms with van der Waals surface area (Å²) in [7, 11) is 0. The van der Waals surface area contributed by atoms with Gasteiger partial charge in [0.05, 0.1) is 0 Å². The molecule has 0 aliphatic rings. The predicted octanol–water partition coefficient (Wildman–Crippen LogP) is -0.992. The van der Waals surface area contributed by atoms with Crippen molar-refractivity contribution in [2.24, 2.45) is 0 Å². The molecule has 6 heteroatoms. The van der Waals surface area contributed by atoms with Crippen LogP contribution in [0.5, 0.6) is 0 Å². The minimum absolute atomic E-state index is 0.452. The Morgan fingerprint density at radius 2 is 2.00 bits per heavy atom. The van der Waals surface area contributed by atoms with Crippen molar-refractivity contribution in [3.63, 3.8) is 0 Å². The van der Waals surface area contributed by atoms with E-state index in [4.69, 9.17) is 5.11 Å². The maximum atomic E-state index is 10.5. The van der Waals surface area contributed by atoms with Gasteiger partial charge in [0.2, 0.25) is 0 Å². The van der Waals surface area contributed by atoms with Crippen molar-refractivity contribution in [1.29, 1.82) is 0 Å². The van der Waals surface area contributed by atoms with Crippen molar-refractivity contribution in [1.82, 2.24) is 0 Å². The molecule has 0 aromatic heterocycles. The molecule has 2 radical (unpaired) electrons. The summed E-state index contributed by atoms with van der Waals surface area (Å²) in [6.07, 6.45) is -1.14. The molecule has 0 aliphatic heterocycles. The first-order chi connectivity index (χ1) is 5.04. The van der Waals surface area contributed by atoms with Crippen LogP contribution in [0.1, 0.15) is 13.8 Å². The van der Waals surface area contributed by atoms with E-state index in [1.165, 1.54) is 13.8 Å². The van der Waals surface area contributed by atoms with Gasteiger partial charge in [-0.15, -0.1) is 0 Å². The van der Waals surface area contributed by atoms with E-state index >= 15 is 0 Å². The van der Waals surface area contributed by atoms with E-state index in [-0.39, 0.29) is 0 Å². The summed E-state index contributed by atoms with van der Waals surface area (Å²) < 4.78 is 8.94. The van der Waals surface area contributed by atoms with E-state index in [0.717, 1.165) is 0 Å². The number of aliphatic hydroxyl groups excluding tert-OH is 1. The molecule has 0 aromatic carbocycles. The van der Waals surface area contributed by atoms with Crippen molar-refractivity contribution >= 4 is 37.1 Å². The van der Waals surface area contributed by atoms with Crippen LogP contribution in [0.25, 0.3) is 0 Å². The zero-order valence-corrected chi connectivity index (χ0v) is 10.0. The molecule has 0 bridgehead atoms. The third-order valence-corrected chi connectivity index (χ3v) is 3.22. The fraction of sp³-hybridized carbons (Fsp3) is 0.600. The molecular weight excluding hydrogens is 347 g/mol. The number of carbonyl (C=O) groups is 2. The number of rotatable bonds is 3. The molecule has 0 rings (SSSR count). The molecule has 62 valence electrons. The molecule has 0 heterocycles. The molecule has 5 nitrogen and oxygen atoms in total. The Morgan fingerprint density at radius 3 is 2.36 bits per heavy atom. The van der Waals surface area contributed by atoms with Gasteiger partial charge in [-0.05, 0) is 0 Å². The van der Waals surface area contributed by atoms with E-state index in [1.54, 1.807) is 0 Å². The van der Waals surface area contributed by atoms with Crippen molar-refractivity contribution in [3.05, 3.63) is 0 Å². The monoisotopic (exact) mass is 356 g/mol. The molecule has 0 spiro atoms. The number of aliphatic hydroxyl groups is 1. The Morgan fingerprint density at radius 1 is 1.45 bits per heavy atom. The average molecular weight is 355 g/mol. The van der Waals surface area contributed by atoms with Gasteiger partial charge in [-0.1, -0.05) is 0 Å². The van der Waals surface area contributed by atoms with Crippen LogP contribution in [0.2, 0.25) is 0 Å². The molecule has 1 unspecified atom stereocenters. The van der Waals surface area contributed by atoms with Gasteiger partial charge in [0.1, 0.15) is 0 Å². The van der Waals surface area contributed by atoms with E-state index in [0.29, 0.717) is 0 Å². The Hall–Kier alpha value is -0.178. The standard InChI is InChI=1S/C3H6O3.C2H4O2.Pb/c1-2(4)3(5)6;1-2(3)4;/h2,4H,1H3,(H,5,6);1H3,(H,3,4);/q;;+2/p-2. The summed E-state index contributed by atoms with van der Waals surface area (Å²) in [5.41, 5.74) is 0. The normalized spacial score (nSPS) is 11.9. The summed E-state index contributed by atoms with van der Waals surface area (Å²) in [4.78, 5) is 20.7. The summed E-state index contributed by atoms with van der Waals surface area (Å²) in [6.45, 7) is 2.53. The molecule has 0 aromatic rings. The fourth-order valence-corrected chi connectivity index (χ4v) is 1.81. The second kappa shape index (κ2) is 5.47. The zero-order chi connectivity index (χ0) is 8.85. The van der Waals surface area contributed by atoms with Crippen LogP contribution in [0.15, 0.2) is 0 Å². The predicted molar refractivity (Wildman–Crippen MR) is 35.3 cm³/mol. The fourth-order valence-electron chi connectivity index (χ4n) is 0.206. The van der Waals surface area contributed by atoms with Gasteiger partial charge in [-0.3, -0.25) is 0 Å². The maximum absolute atomic E-state index is 10.5. The summed E-state index contributed by atoms with van der Waals surface area (Å²) >= 11 is -2.04. The van der Waals surface area contributed by atoms with Gasteiger partial charge < -0.3 is 0 Å². The second-order valence-electron chi connectivity index (χ2n) is 1.77. The second-order valence-corrected chi connectivity index (χ2v) is 4.01. The van der Waals surface area contributed by atoms with Crippen molar-refractivity contribution in [2.45, 2.75) is 20.0 Å². The first kappa shape index (κ1) is 10.8. The third kappa shape index (κ3) is 6.23. The molecule has 0 amide bonds. The first-order valence-corrected chi connectivity index (χ1v) is 6.02. The molecule has 0 fully saturated rings. The van der Waals surface area contributed by atoms with Gasteiger partial charge in [-0.25, -0.2) is 0 Å². The van der Waals surface area contributed by atoms with Gasteiger partial charge in [-0.2, -0.15) is 0 Å². The first-order valence-electron chi connectivity index (χ1n) is 2.85. The van der Waals surface area contributed by atoms with Gasteiger partial charge in [0.15, 0.2) is 0 Å². The van der Waals surface area contributed by atoms with Gasteiger partial charge in [0, 0.05) is 0 Å². The molecule has 0 aliphatic carbocycles. The molecule has 0 saturated heterocycles. The summed E-state index contributed by atoms with van der Waals surface area (Å²) in [6, 6.07) is 0. The van der Waals surface area contributed by atoms with E-state index in [2.05, 4.69) is 5.37 Å². The number of carbonyl (C=O) groups excluding carboxylic acids is 2. The average Bonchev–Trinajstić information content (AvgIpc) is 1.86. The topological polar surface area (TPSA) is 72.8 Å². The van der Waals surface area contributed by atoms with Crippen LogP contribution >= 0.6 is 0 Å². The van der Waals surface area contributed by atoms with Crippen molar-refractivity contribution in [3.8, 4) is 0 Å². The molecular formula is C5H8O5Pb. The molecule has 1 atom stereocenters. The Kier molecular flexibility index (Phi) is 5.38. The number of hydrogen-bond donors (Lipinski definition) is 1. The molecule has 1 N–H and O–H groups in total. The SMILES string of the molecule is CC(=O)[O][Pb][O]C(=O)C(C)O. The third-order valence-electron chi connectivity index (χ3n) is 0.669. The van der Waals surface area contributed by atoms with E-state index in [9.17, 15) is 9.59 Å². The van der Waals surface area contributed by atoms with Crippen molar-refractivity contribution < 1.29 is 20.1 Å². The van der Waals surface area contributed by atoms with Crippen LogP contribution in [0.3, 0.4) is 0 Å². The Bertz CT molecular complexity index is 155. The quantitative estimate of drug-likeness (QED) is 0.658. The van der Waals surface area contributed by atoms with E-state index in [1.807, 2.05) is 0 Å². The zero-order valence-electron chi connectivity index (χ0n) is 6.16. The molecule has 11 heavy (non-hydrogen) atoms. The van der Waals surface area contributed by atoms with Crippen LogP contribution in [-0.4, -0.2) is 48.3 Å². The minimum atomic E-state index is -2.04. The van der Waals surface area contributed by atoms with Crippen LogP contribution < -0.4 is 0 Å². The number of hydrogen-bond acceptors (Lipinski definition) is 5. The Balaban J connectivity index is 3.39. The Labute approximate surface area is 77.2 Å². The van der Waals surface area contributed by atoms with Crippen LogP contribution in [0.4, 0.5) is 0 Å².